The molecule has 0 unspecified atom stereocenters. The first-order chi connectivity index (χ1) is 13.6. The fourth-order valence-electron chi connectivity index (χ4n) is 2.88. The Morgan fingerprint density at radius 1 is 1.11 bits per heavy atom. The molecule has 2 N–H and O–H groups in total. The number of anilines is 1. The zero-order valence-electron chi connectivity index (χ0n) is 16.1. The molecule has 0 saturated carbocycles. The number of nitrogens with one attached hydrogen (secondary N) is 2. The molecule has 2 heterocycles. The Morgan fingerprint density at radius 3 is 2.61 bits per heavy atom. The van der Waals surface area contributed by atoms with E-state index in [1.165, 1.54) is 5.56 Å². The van der Waals surface area contributed by atoms with Gasteiger partial charge in [0.25, 0.3) is 11.8 Å². The van der Waals surface area contributed by atoms with Crippen molar-refractivity contribution < 1.29 is 14.3 Å². The van der Waals surface area contributed by atoms with Gasteiger partial charge in [0.1, 0.15) is 0 Å². The highest BCUT2D eigenvalue weighted by molar-refractivity contribution is 6.08. The number of pyridine rings is 1. The molecule has 0 spiro atoms. The standard InChI is InChI=1S/C21H24N4O3/c1-3-15-8-10-16(11-9-15)23-20(26)18-17-7-4-5-13-25(17)19(24-18)21(27)22-12-6-14-28-2/h4-5,7-11,13H,3,6,12,14H2,1-2H3,(H,22,27)(H,23,26). The molecule has 2 aromatic heterocycles. The Kier molecular flexibility index (Phi) is 6.39. The summed E-state index contributed by atoms with van der Waals surface area (Å²) < 4.78 is 6.61. The quantitative estimate of drug-likeness (QED) is 0.589. The van der Waals surface area contributed by atoms with E-state index in [1.807, 2.05) is 30.3 Å². The first kappa shape index (κ1) is 19.6. The van der Waals surface area contributed by atoms with Crippen molar-refractivity contribution >= 4 is 23.0 Å². The van der Waals surface area contributed by atoms with Crippen molar-refractivity contribution in [3.63, 3.8) is 0 Å². The number of methoxy groups -OCH3 is 1. The number of rotatable bonds is 8. The number of aromatic nitrogens is 2. The van der Waals surface area contributed by atoms with E-state index in [4.69, 9.17) is 4.74 Å². The number of ether oxygens (including phenoxy) is 1. The van der Waals surface area contributed by atoms with Crippen LogP contribution in [0.25, 0.3) is 5.52 Å². The molecule has 28 heavy (non-hydrogen) atoms. The van der Waals surface area contributed by atoms with Crippen molar-refractivity contribution in [1.29, 1.82) is 0 Å². The van der Waals surface area contributed by atoms with Crippen LogP contribution in [0.5, 0.6) is 0 Å². The van der Waals surface area contributed by atoms with Gasteiger partial charge in [0.2, 0.25) is 5.82 Å². The molecule has 0 aliphatic rings. The number of amides is 2. The Bertz CT molecular complexity index is 963. The van der Waals surface area contributed by atoms with E-state index >= 15 is 0 Å². The number of carbonyl (C=O) groups is 2. The van der Waals surface area contributed by atoms with Gasteiger partial charge in [0.15, 0.2) is 5.69 Å². The average Bonchev–Trinajstić information content (AvgIpc) is 3.11. The fourth-order valence-corrected chi connectivity index (χ4v) is 2.88. The topological polar surface area (TPSA) is 84.7 Å². The molecule has 0 radical (unpaired) electrons. The normalized spacial score (nSPS) is 10.8. The zero-order chi connectivity index (χ0) is 19.9. The molecule has 7 heteroatoms. The smallest absolute Gasteiger partial charge is 0.287 e. The van der Waals surface area contributed by atoms with Crippen LogP contribution in [0.15, 0.2) is 48.7 Å². The first-order valence-electron chi connectivity index (χ1n) is 9.28. The van der Waals surface area contributed by atoms with Crippen LogP contribution in [0, 0.1) is 0 Å². The van der Waals surface area contributed by atoms with Gasteiger partial charge in [0.05, 0.1) is 5.52 Å². The second kappa shape index (κ2) is 9.14. The molecule has 0 atom stereocenters. The van der Waals surface area contributed by atoms with E-state index in [-0.39, 0.29) is 23.3 Å². The number of aryl methyl sites for hydroxylation is 1. The molecule has 146 valence electrons. The van der Waals surface area contributed by atoms with Crippen molar-refractivity contribution in [3.05, 3.63) is 65.7 Å². The van der Waals surface area contributed by atoms with Gasteiger partial charge in [-0.2, -0.15) is 0 Å². The second-order valence-electron chi connectivity index (χ2n) is 6.35. The monoisotopic (exact) mass is 380 g/mol. The van der Waals surface area contributed by atoms with Gasteiger partial charge in [-0.3, -0.25) is 14.0 Å². The lowest BCUT2D eigenvalue weighted by Crippen LogP contribution is -2.27. The van der Waals surface area contributed by atoms with E-state index in [9.17, 15) is 9.59 Å². The van der Waals surface area contributed by atoms with E-state index in [2.05, 4.69) is 22.5 Å². The maximum absolute atomic E-state index is 12.8. The van der Waals surface area contributed by atoms with Crippen LogP contribution >= 0.6 is 0 Å². The molecular formula is C21H24N4O3. The van der Waals surface area contributed by atoms with Gasteiger partial charge in [-0.25, -0.2) is 4.98 Å². The van der Waals surface area contributed by atoms with Crippen LogP contribution in [0.3, 0.4) is 0 Å². The van der Waals surface area contributed by atoms with Crippen molar-refractivity contribution in [1.82, 2.24) is 14.7 Å². The van der Waals surface area contributed by atoms with Crippen LogP contribution in [-0.2, 0) is 11.2 Å². The van der Waals surface area contributed by atoms with Crippen molar-refractivity contribution in [2.75, 3.05) is 25.6 Å². The SMILES string of the molecule is CCc1ccc(NC(=O)c2nc(C(=O)NCCCOC)n3ccccc23)cc1. The highest BCUT2D eigenvalue weighted by Crippen LogP contribution is 2.16. The largest absolute Gasteiger partial charge is 0.385 e. The Balaban J connectivity index is 1.82. The van der Waals surface area contributed by atoms with Gasteiger partial charge in [-0.05, 0) is 42.7 Å². The summed E-state index contributed by atoms with van der Waals surface area (Å²) in [4.78, 5) is 29.6. The number of carbonyl (C=O) groups excluding carboxylic acids is 2. The maximum Gasteiger partial charge on any atom is 0.287 e. The third kappa shape index (κ3) is 4.37. The second-order valence-corrected chi connectivity index (χ2v) is 6.35. The molecule has 1 aromatic carbocycles. The Hall–Kier alpha value is -3.19. The van der Waals surface area contributed by atoms with Crippen LogP contribution < -0.4 is 10.6 Å². The van der Waals surface area contributed by atoms with Gasteiger partial charge in [-0.15, -0.1) is 0 Å². The van der Waals surface area contributed by atoms with E-state index in [0.717, 1.165) is 6.42 Å². The summed E-state index contributed by atoms with van der Waals surface area (Å²) in [5, 5.41) is 5.66. The van der Waals surface area contributed by atoms with Crippen molar-refractivity contribution in [2.24, 2.45) is 0 Å². The minimum absolute atomic E-state index is 0.180. The maximum atomic E-state index is 12.8. The molecule has 0 bridgehead atoms. The van der Waals surface area contributed by atoms with E-state index < -0.39 is 0 Å². The minimum atomic E-state index is -0.355. The van der Waals surface area contributed by atoms with Crippen LogP contribution in [0.2, 0.25) is 0 Å². The van der Waals surface area contributed by atoms with Gasteiger partial charge in [-0.1, -0.05) is 25.1 Å². The summed E-state index contributed by atoms with van der Waals surface area (Å²) >= 11 is 0. The predicted molar refractivity (Wildman–Crippen MR) is 108 cm³/mol. The third-order valence-corrected chi connectivity index (χ3v) is 4.40. The lowest BCUT2D eigenvalue weighted by molar-refractivity contribution is 0.0937. The predicted octanol–water partition coefficient (Wildman–Crippen LogP) is 2.92. The molecule has 0 saturated heterocycles. The number of hydrogen-bond donors (Lipinski definition) is 2. The van der Waals surface area contributed by atoms with Crippen LogP contribution in [0.1, 0.15) is 40.0 Å². The van der Waals surface area contributed by atoms with E-state index in [0.29, 0.717) is 30.8 Å². The Labute approximate surface area is 163 Å². The third-order valence-electron chi connectivity index (χ3n) is 4.40. The average molecular weight is 380 g/mol. The summed E-state index contributed by atoms with van der Waals surface area (Å²) in [5.74, 6) is -0.505. The molecule has 3 rings (SSSR count). The lowest BCUT2D eigenvalue weighted by atomic mass is 10.1. The summed E-state index contributed by atoms with van der Waals surface area (Å²) in [6.07, 6.45) is 3.36. The van der Waals surface area contributed by atoms with Gasteiger partial charge >= 0.3 is 0 Å². The number of hydrogen-bond acceptors (Lipinski definition) is 4. The highest BCUT2D eigenvalue weighted by atomic mass is 16.5. The summed E-state index contributed by atoms with van der Waals surface area (Å²) in [7, 11) is 1.62. The zero-order valence-corrected chi connectivity index (χ0v) is 16.1. The van der Waals surface area contributed by atoms with Gasteiger partial charge < -0.3 is 15.4 Å². The fraction of sp³-hybridized carbons (Fsp3) is 0.286. The lowest BCUT2D eigenvalue weighted by Gasteiger charge is -2.04. The first-order valence-corrected chi connectivity index (χ1v) is 9.28. The number of imidazole rings is 1. The molecular weight excluding hydrogens is 356 g/mol. The molecule has 0 aliphatic heterocycles. The summed E-state index contributed by atoms with van der Waals surface area (Å²) in [6, 6.07) is 13.0. The van der Waals surface area contributed by atoms with Crippen molar-refractivity contribution in [2.45, 2.75) is 19.8 Å². The number of nitrogens with zero attached hydrogens (tertiary/aromatic N) is 2. The summed E-state index contributed by atoms with van der Waals surface area (Å²) in [5.41, 5.74) is 2.66. The molecule has 7 nitrogen and oxygen atoms in total. The molecule has 0 aliphatic carbocycles. The molecule has 3 aromatic rings. The van der Waals surface area contributed by atoms with Crippen molar-refractivity contribution in [3.8, 4) is 0 Å². The summed E-state index contributed by atoms with van der Waals surface area (Å²) in [6.45, 7) is 3.11. The Morgan fingerprint density at radius 2 is 1.89 bits per heavy atom. The van der Waals surface area contributed by atoms with E-state index in [1.54, 1.807) is 29.8 Å². The van der Waals surface area contributed by atoms with Crippen LogP contribution in [-0.4, -0.2) is 41.5 Å². The highest BCUT2D eigenvalue weighted by Gasteiger charge is 2.21. The van der Waals surface area contributed by atoms with Gasteiger partial charge in [0, 0.05) is 32.1 Å². The molecule has 0 fully saturated rings. The van der Waals surface area contributed by atoms with Crippen LogP contribution in [0.4, 0.5) is 5.69 Å². The minimum Gasteiger partial charge on any atom is -0.385 e. The number of fused-ring (bicyclic) bond motifs is 1. The number of benzene rings is 1. The molecule has 2 amide bonds.